The zero-order valence-electron chi connectivity index (χ0n) is 2.31. The van der Waals surface area contributed by atoms with E-state index >= 15 is 0 Å². The minimum Gasteiger partial charge on any atom is -0.328 e. The maximum atomic E-state index is 8.36. The van der Waals surface area contributed by atoms with E-state index in [4.69, 9.17) is 15.3 Å². The molecule has 6 heteroatoms. The number of hydrogen-bond donors (Lipinski definition) is 1. The smallest absolute Gasteiger partial charge is 0.291 e. The van der Waals surface area contributed by atoms with Gasteiger partial charge in [0, 0.05) is 39.4 Å². The first kappa shape index (κ1) is 16.1. The minimum absolute atomic E-state index is 0. The van der Waals surface area contributed by atoms with Gasteiger partial charge >= 0.3 is 0 Å². The third-order valence-corrected chi connectivity index (χ3v) is 0. The molecule has 0 heterocycles. The van der Waals surface area contributed by atoms with Gasteiger partial charge in [0.2, 0.25) is 0 Å². The molecular weight excluding hydrogens is 233 g/mol. The molecule has 0 atom stereocenters. The fourth-order valence-electron chi connectivity index (χ4n) is 0. The van der Waals surface area contributed by atoms with Gasteiger partial charge in [0.1, 0.15) is 0 Å². The third-order valence-electron chi connectivity index (χ3n) is 0. The fourth-order valence-corrected chi connectivity index (χ4v) is 0. The van der Waals surface area contributed by atoms with Crippen molar-refractivity contribution >= 4 is 0 Å². The SMILES string of the molecule is O=[N+]([O-])O.[Ag].[Cu]. The Kier molecular flexibility index (Phi) is 24.3. The molecule has 0 aliphatic carbocycles. The van der Waals surface area contributed by atoms with Gasteiger partial charge in [0.05, 0.1) is 0 Å². The van der Waals surface area contributed by atoms with Crippen LogP contribution in [0.1, 0.15) is 0 Å². The standard InChI is InChI=1S/Ag.Cu.HNO3/c;;2-1(3)4/h;;(H,2,3,4). The molecule has 0 aliphatic rings. The van der Waals surface area contributed by atoms with E-state index in [-0.39, 0.29) is 39.4 Å². The van der Waals surface area contributed by atoms with Crippen LogP contribution < -0.4 is 0 Å². The Balaban J connectivity index is -0.0000000450. The van der Waals surface area contributed by atoms with E-state index < -0.39 is 5.09 Å². The maximum Gasteiger partial charge on any atom is 0.291 e. The Bertz CT molecular complexity index is 33.8. The van der Waals surface area contributed by atoms with Crippen LogP contribution in [0.25, 0.3) is 0 Å². The average molecular weight is 234 g/mol. The van der Waals surface area contributed by atoms with Crippen LogP contribution in [-0.2, 0) is 39.4 Å². The normalized spacial score (nSPS) is 4.00. The first-order valence-electron chi connectivity index (χ1n) is 0.565. The topological polar surface area (TPSA) is 63.4 Å². The monoisotopic (exact) mass is 233 g/mol. The van der Waals surface area contributed by atoms with Crippen LogP contribution in [-0.4, -0.2) is 10.3 Å². The second-order valence-electron chi connectivity index (χ2n) is 0.238. The van der Waals surface area contributed by atoms with Gasteiger partial charge in [-0.1, -0.05) is 0 Å². The summed E-state index contributed by atoms with van der Waals surface area (Å²) in [6, 6.07) is 0. The van der Waals surface area contributed by atoms with Crippen molar-refractivity contribution in [2.24, 2.45) is 0 Å². The molecule has 4 nitrogen and oxygen atoms in total. The Morgan fingerprint density at radius 3 is 1.67 bits per heavy atom. The zero-order chi connectivity index (χ0) is 3.58. The molecule has 0 amide bonds. The van der Waals surface area contributed by atoms with Crippen molar-refractivity contribution in [3.63, 3.8) is 0 Å². The van der Waals surface area contributed by atoms with Crippen molar-refractivity contribution in [3.8, 4) is 0 Å². The molecule has 0 rings (SSSR count). The van der Waals surface area contributed by atoms with Crippen molar-refractivity contribution in [3.05, 3.63) is 10.1 Å². The summed E-state index contributed by atoms with van der Waals surface area (Å²) in [7, 11) is 0. The van der Waals surface area contributed by atoms with Crippen molar-refractivity contribution in [2.75, 3.05) is 0 Å². The number of nitrogens with zero attached hydrogens (tertiary/aromatic N) is 1. The molecule has 0 aromatic carbocycles. The predicted octanol–water partition coefficient (Wildman–Crippen LogP) is -0.353. The van der Waals surface area contributed by atoms with Gasteiger partial charge in [-0.2, -0.15) is 0 Å². The molecule has 0 aliphatic heterocycles. The zero-order valence-corrected chi connectivity index (χ0v) is 4.74. The predicted molar refractivity (Wildman–Crippen MR) is 8.78 cm³/mol. The largest absolute Gasteiger partial charge is 0.328 e. The van der Waals surface area contributed by atoms with Gasteiger partial charge in [-0.15, -0.1) is 10.1 Å². The second-order valence-corrected chi connectivity index (χ2v) is 0.238. The quantitative estimate of drug-likeness (QED) is 0.354. The molecule has 0 saturated carbocycles. The summed E-state index contributed by atoms with van der Waals surface area (Å²) in [5.74, 6) is 0. The van der Waals surface area contributed by atoms with Gasteiger partial charge in [-0.25, -0.2) is 0 Å². The molecule has 0 bridgehead atoms. The Morgan fingerprint density at radius 2 is 1.67 bits per heavy atom. The summed E-state index contributed by atoms with van der Waals surface area (Å²) in [5, 5.41) is 13.6. The first-order valence-corrected chi connectivity index (χ1v) is 0.565. The molecule has 0 unspecified atom stereocenters. The molecule has 0 aromatic heterocycles. The van der Waals surface area contributed by atoms with Gasteiger partial charge in [0.25, 0.3) is 5.09 Å². The number of hydrogen-bond acceptors (Lipinski definition) is 2. The summed E-state index contributed by atoms with van der Waals surface area (Å²) >= 11 is 0. The Hall–Kier alpha value is 0.460. The van der Waals surface area contributed by atoms with Crippen LogP contribution in [0.4, 0.5) is 0 Å². The van der Waals surface area contributed by atoms with E-state index in [2.05, 4.69) is 0 Å². The summed E-state index contributed by atoms with van der Waals surface area (Å²) < 4.78 is 0. The Morgan fingerprint density at radius 1 is 1.67 bits per heavy atom. The van der Waals surface area contributed by atoms with Crippen molar-refractivity contribution in [1.82, 2.24) is 0 Å². The molecule has 1 N–H and O–H groups in total. The van der Waals surface area contributed by atoms with Gasteiger partial charge in [-0.3, -0.25) is 0 Å². The summed E-state index contributed by atoms with van der Waals surface area (Å²) in [6.07, 6.45) is 0. The van der Waals surface area contributed by atoms with E-state index in [1.54, 1.807) is 0 Å². The van der Waals surface area contributed by atoms with Gasteiger partial charge in [-0.05, 0) is 0 Å². The van der Waals surface area contributed by atoms with E-state index in [1.807, 2.05) is 0 Å². The van der Waals surface area contributed by atoms with Crippen LogP contribution >= 0.6 is 0 Å². The molecule has 0 aromatic rings. The van der Waals surface area contributed by atoms with Crippen molar-refractivity contribution in [2.45, 2.75) is 0 Å². The summed E-state index contributed by atoms with van der Waals surface area (Å²) in [6.45, 7) is 0. The molecule has 0 fully saturated rings. The minimum atomic E-state index is -1.50. The number of rotatable bonds is 0. The molecular formula is HAgCuNO3. The molecule has 46 valence electrons. The molecule has 6 heavy (non-hydrogen) atoms. The maximum absolute atomic E-state index is 8.36. The van der Waals surface area contributed by atoms with E-state index in [1.165, 1.54) is 0 Å². The van der Waals surface area contributed by atoms with Crippen molar-refractivity contribution in [1.29, 1.82) is 0 Å². The van der Waals surface area contributed by atoms with Crippen LogP contribution in [0.15, 0.2) is 0 Å². The molecule has 0 saturated heterocycles. The first-order chi connectivity index (χ1) is 1.73. The van der Waals surface area contributed by atoms with Crippen molar-refractivity contribution < 1.29 is 49.7 Å². The van der Waals surface area contributed by atoms with Crippen LogP contribution in [0.5, 0.6) is 0 Å². The van der Waals surface area contributed by atoms with E-state index in [0.717, 1.165) is 0 Å². The van der Waals surface area contributed by atoms with Gasteiger partial charge < -0.3 is 5.21 Å². The molecule has 2 radical (unpaired) electrons. The van der Waals surface area contributed by atoms with Gasteiger partial charge in [0.15, 0.2) is 0 Å². The third kappa shape index (κ3) is 253. The summed E-state index contributed by atoms with van der Waals surface area (Å²) in [5.41, 5.74) is 0. The van der Waals surface area contributed by atoms with E-state index in [9.17, 15) is 0 Å². The summed E-state index contributed by atoms with van der Waals surface area (Å²) in [4.78, 5) is 8.36. The Labute approximate surface area is 60.0 Å². The van der Waals surface area contributed by atoms with Crippen LogP contribution in [0, 0.1) is 10.1 Å². The van der Waals surface area contributed by atoms with Crippen LogP contribution in [0.2, 0.25) is 0 Å². The fraction of sp³-hybridized carbons (Fsp3) is 0. The second kappa shape index (κ2) is 9.07. The van der Waals surface area contributed by atoms with Crippen LogP contribution in [0.3, 0.4) is 0 Å². The van der Waals surface area contributed by atoms with E-state index in [0.29, 0.717) is 0 Å². The molecule has 0 spiro atoms. The average Bonchev–Trinajstić information content (AvgIpc) is 0.811.